The molecule has 29 heavy (non-hydrogen) atoms. The van der Waals surface area contributed by atoms with E-state index in [9.17, 15) is 8.42 Å². The van der Waals surface area contributed by atoms with Crippen molar-refractivity contribution in [1.29, 1.82) is 0 Å². The van der Waals surface area contributed by atoms with Crippen LogP contribution < -0.4 is 4.74 Å². The van der Waals surface area contributed by atoms with Gasteiger partial charge < -0.3 is 4.74 Å². The standard InChI is InChI=1S/C19H24ClN5O3S/c1-4-29(26,27)12(3)7-11(2)28-19-16-10-22-17(20)8-14(16)15(9-23-19)18(24-25-21)13-5-6-13/h8-13,18H,4-7H2,1-3H3/t11-,12-,18-/m1/s1. The van der Waals surface area contributed by atoms with Gasteiger partial charge in [0.2, 0.25) is 5.88 Å². The van der Waals surface area contributed by atoms with Gasteiger partial charge in [-0.05, 0) is 55.2 Å². The summed E-state index contributed by atoms with van der Waals surface area (Å²) >= 11 is 6.12. The predicted octanol–water partition coefficient (Wildman–Crippen LogP) is 5.03. The van der Waals surface area contributed by atoms with Crippen LogP contribution in [-0.2, 0) is 9.84 Å². The van der Waals surface area contributed by atoms with Crippen LogP contribution in [-0.4, -0.2) is 35.5 Å². The van der Waals surface area contributed by atoms with E-state index in [-0.39, 0.29) is 17.9 Å². The van der Waals surface area contributed by atoms with Gasteiger partial charge in [0, 0.05) is 29.5 Å². The van der Waals surface area contributed by atoms with E-state index >= 15 is 0 Å². The maximum Gasteiger partial charge on any atom is 0.223 e. The lowest BCUT2D eigenvalue weighted by atomic mass is 10.00. The van der Waals surface area contributed by atoms with Crippen LogP contribution in [0.2, 0.25) is 5.15 Å². The Morgan fingerprint density at radius 1 is 1.31 bits per heavy atom. The van der Waals surface area contributed by atoms with Crippen molar-refractivity contribution in [2.75, 3.05) is 5.75 Å². The third-order valence-corrected chi connectivity index (χ3v) is 7.72. The average molecular weight is 438 g/mol. The Morgan fingerprint density at radius 2 is 2.03 bits per heavy atom. The van der Waals surface area contributed by atoms with Crippen LogP contribution in [0.3, 0.4) is 0 Å². The molecule has 1 aliphatic rings. The molecule has 0 radical (unpaired) electrons. The maximum atomic E-state index is 12.1. The first-order valence-electron chi connectivity index (χ1n) is 9.63. The van der Waals surface area contributed by atoms with Gasteiger partial charge >= 0.3 is 0 Å². The van der Waals surface area contributed by atoms with Crippen molar-refractivity contribution in [2.45, 2.75) is 57.4 Å². The van der Waals surface area contributed by atoms with Gasteiger partial charge in [0.25, 0.3) is 0 Å². The second-order valence-corrected chi connectivity index (χ2v) is 10.6. The topological polar surface area (TPSA) is 118 Å². The number of sulfone groups is 1. The first-order chi connectivity index (χ1) is 13.8. The van der Waals surface area contributed by atoms with E-state index in [2.05, 4.69) is 20.0 Å². The van der Waals surface area contributed by atoms with Crippen molar-refractivity contribution in [2.24, 2.45) is 11.0 Å². The highest BCUT2D eigenvalue weighted by atomic mass is 35.5. The summed E-state index contributed by atoms with van der Waals surface area (Å²) in [7, 11) is -3.14. The number of fused-ring (bicyclic) bond motifs is 1. The maximum absolute atomic E-state index is 12.1. The fourth-order valence-electron chi connectivity index (χ4n) is 3.45. The summed E-state index contributed by atoms with van der Waals surface area (Å²) in [4.78, 5) is 11.6. The number of ether oxygens (including phenoxy) is 1. The quantitative estimate of drug-likeness (QED) is 0.236. The Labute approximate surface area is 175 Å². The summed E-state index contributed by atoms with van der Waals surface area (Å²) in [5.41, 5.74) is 9.77. The first kappa shape index (κ1) is 21.6. The van der Waals surface area contributed by atoms with E-state index in [1.807, 2.05) is 6.92 Å². The van der Waals surface area contributed by atoms with Crippen LogP contribution in [0.15, 0.2) is 23.6 Å². The van der Waals surface area contributed by atoms with Gasteiger partial charge in [-0.2, -0.15) is 0 Å². The minimum Gasteiger partial charge on any atom is -0.474 e. The molecule has 2 heterocycles. The number of nitrogens with zero attached hydrogens (tertiary/aromatic N) is 5. The molecule has 0 amide bonds. The Hall–Kier alpha value is -2.09. The van der Waals surface area contributed by atoms with Crippen molar-refractivity contribution in [1.82, 2.24) is 9.97 Å². The molecule has 1 saturated carbocycles. The second kappa shape index (κ2) is 8.73. The molecule has 3 rings (SSSR count). The molecule has 0 N–H and O–H groups in total. The molecule has 10 heteroatoms. The van der Waals surface area contributed by atoms with Gasteiger partial charge in [0.05, 0.1) is 22.8 Å². The van der Waals surface area contributed by atoms with Crippen molar-refractivity contribution in [3.63, 3.8) is 0 Å². The fraction of sp³-hybridized carbons (Fsp3) is 0.579. The molecule has 2 aromatic rings. The summed E-state index contributed by atoms with van der Waals surface area (Å²) in [6, 6.07) is 1.41. The summed E-state index contributed by atoms with van der Waals surface area (Å²) in [6.07, 6.45) is 5.24. The summed E-state index contributed by atoms with van der Waals surface area (Å²) in [5, 5.41) is 5.22. The Bertz CT molecular complexity index is 1050. The molecule has 0 bridgehead atoms. The smallest absolute Gasteiger partial charge is 0.223 e. The second-order valence-electron chi connectivity index (χ2n) is 7.48. The van der Waals surface area contributed by atoms with Gasteiger partial charge in [-0.15, -0.1) is 0 Å². The predicted molar refractivity (Wildman–Crippen MR) is 113 cm³/mol. The van der Waals surface area contributed by atoms with Crippen LogP contribution >= 0.6 is 11.6 Å². The lowest BCUT2D eigenvalue weighted by molar-refractivity contribution is 0.205. The van der Waals surface area contributed by atoms with Crippen LogP contribution in [0.4, 0.5) is 0 Å². The average Bonchev–Trinajstić information content (AvgIpc) is 3.51. The third kappa shape index (κ3) is 4.91. The van der Waals surface area contributed by atoms with E-state index < -0.39 is 15.1 Å². The molecule has 8 nitrogen and oxygen atoms in total. The highest BCUT2D eigenvalue weighted by Gasteiger charge is 2.33. The summed E-state index contributed by atoms with van der Waals surface area (Å²) in [5.74, 6) is 0.756. The van der Waals surface area contributed by atoms with Crippen LogP contribution in [0.25, 0.3) is 21.2 Å². The molecule has 0 saturated heterocycles. The van der Waals surface area contributed by atoms with Crippen molar-refractivity contribution in [3.05, 3.63) is 39.6 Å². The van der Waals surface area contributed by atoms with Crippen molar-refractivity contribution in [3.8, 4) is 5.88 Å². The zero-order chi connectivity index (χ0) is 21.2. The SMILES string of the molecule is CCS(=O)(=O)[C@H](C)C[C@@H](C)Oc1ncc([C@H](N=[N+]=[N-])C2CC2)c2cc(Cl)ncc12. The Balaban J connectivity index is 1.94. The van der Waals surface area contributed by atoms with Gasteiger partial charge in [-0.3, -0.25) is 0 Å². The van der Waals surface area contributed by atoms with Crippen molar-refractivity contribution < 1.29 is 13.2 Å². The minimum atomic E-state index is -3.14. The molecule has 1 fully saturated rings. The van der Waals surface area contributed by atoms with Crippen LogP contribution in [0.1, 0.15) is 51.6 Å². The molecule has 0 unspecified atom stereocenters. The zero-order valence-corrected chi connectivity index (χ0v) is 18.2. The Morgan fingerprint density at radius 3 is 2.66 bits per heavy atom. The van der Waals surface area contributed by atoms with Crippen LogP contribution in [0.5, 0.6) is 5.88 Å². The van der Waals surface area contributed by atoms with E-state index in [0.29, 0.717) is 28.8 Å². The number of hydrogen-bond acceptors (Lipinski definition) is 6. The number of pyridine rings is 2. The summed E-state index contributed by atoms with van der Waals surface area (Å²) in [6.45, 7) is 5.15. The normalized spacial score (nSPS) is 17.4. The number of azide groups is 1. The van der Waals surface area contributed by atoms with E-state index in [4.69, 9.17) is 21.9 Å². The van der Waals surface area contributed by atoms with Crippen LogP contribution in [0, 0.1) is 5.92 Å². The molecular weight excluding hydrogens is 414 g/mol. The third-order valence-electron chi connectivity index (χ3n) is 5.29. The molecule has 1 aliphatic carbocycles. The first-order valence-corrected chi connectivity index (χ1v) is 11.7. The van der Waals surface area contributed by atoms with E-state index in [0.717, 1.165) is 23.8 Å². The molecule has 3 atom stereocenters. The number of aromatic nitrogens is 2. The highest BCUT2D eigenvalue weighted by molar-refractivity contribution is 7.91. The largest absolute Gasteiger partial charge is 0.474 e. The molecule has 0 aromatic carbocycles. The Kier molecular flexibility index (Phi) is 6.51. The van der Waals surface area contributed by atoms with Gasteiger partial charge in [-0.1, -0.05) is 23.6 Å². The van der Waals surface area contributed by atoms with Gasteiger partial charge in [-0.25, -0.2) is 18.4 Å². The molecule has 156 valence electrons. The zero-order valence-electron chi connectivity index (χ0n) is 16.6. The fourth-order valence-corrected chi connectivity index (χ4v) is 4.74. The number of hydrogen-bond donors (Lipinski definition) is 0. The van der Waals surface area contributed by atoms with E-state index in [1.54, 1.807) is 32.3 Å². The van der Waals surface area contributed by atoms with E-state index in [1.165, 1.54) is 0 Å². The molecule has 0 spiro atoms. The minimum absolute atomic E-state index is 0.0984. The lowest BCUT2D eigenvalue weighted by Gasteiger charge is -2.20. The number of rotatable bonds is 9. The molecule has 2 aromatic heterocycles. The monoisotopic (exact) mass is 437 g/mol. The lowest BCUT2D eigenvalue weighted by Crippen LogP contribution is -2.26. The highest BCUT2D eigenvalue weighted by Crippen LogP contribution is 2.46. The van der Waals surface area contributed by atoms with Gasteiger partial charge in [0.15, 0.2) is 9.84 Å². The van der Waals surface area contributed by atoms with Crippen molar-refractivity contribution >= 4 is 32.2 Å². The molecular formula is C19H24ClN5O3S. The summed E-state index contributed by atoms with van der Waals surface area (Å²) < 4.78 is 30.1. The number of halogens is 1. The van der Waals surface area contributed by atoms with Gasteiger partial charge in [0.1, 0.15) is 5.15 Å². The molecule has 0 aliphatic heterocycles.